The van der Waals surface area contributed by atoms with Gasteiger partial charge in [0.15, 0.2) is 0 Å². The number of halogens is 1. The predicted molar refractivity (Wildman–Crippen MR) is 74.7 cm³/mol. The Morgan fingerprint density at radius 2 is 2.11 bits per heavy atom. The van der Waals surface area contributed by atoms with Crippen LogP contribution in [0.15, 0.2) is 22.9 Å². The van der Waals surface area contributed by atoms with Crippen molar-refractivity contribution in [3.8, 4) is 0 Å². The predicted octanol–water partition coefficient (Wildman–Crippen LogP) is 2.26. The van der Waals surface area contributed by atoms with Gasteiger partial charge in [-0.1, -0.05) is 0 Å². The quantitative estimate of drug-likeness (QED) is 0.614. The molecule has 0 fully saturated rings. The van der Waals surface area contributed by atoms with Crippen LogP contribution >= 0.6 is 15.9 Å². The number of amides is 1. The number of esters is 1. The highest BCUT2D eigenvalue weighted by molar-refractivity contribution is 9.10. The average Bonchev–Trinajstić information content (AvgIpc) is 2.36. The van der Waals surface area contributed by atoms with E-state index in [4.69, 9.17) is 4.74 Å². The Kier molecular flexibility index (Phi) is 5.95. The fourth-order valence-electron chi connectivity index (χ4n) is 1.50. The molecule has 0 saturated carbocycles. The number of carbonyl (C=O) groups excluding carboxylic acids is 2. The molecule has 1 heterocycles. The van der Waals surface area contributed by atoms with Crippen LogP contribution in [0.1, 0.15) is 31.1 Å². The van der Waals surface area contributed by atoms with Crippen molar-refractivity contribution < 1.29 is 14.3 Å². The van der Waals surface area contributed by atoms with Crippen molar-refractivity contribution in [1.82, 2.24) is 9.88 Å². The number of ether oxygens (including phenoxy) is 1. The molecule has 1 amide bonds. The van der Waals surface area contributed by atoms with E-state index in [1.807, 2.05) is 13.8 Å². The summed E-state index contributed by atoms with van der Waals surface area (Å²) < 4.78 is 5.53. The Hall–Kier alpha value is -1.43. The molecule has 5 nitrogen and oxygen atoms in total. The highest BCUT2D eigenvalue weighted by atomic mass is 79.9. The van der Waals surface area contributed by atoms with Crippen molar-refractivity contribution in [2.45, 2.75) is 26.8 Å². The van der Waals surface area contributed by atoms with Gasteiger partial charge in [-0.3, -0.25) is 9.59 Å². The summed E-state index contributed by atoms with van der Waals surface area (Å²) in [7, 11) is 0. The Labute approximate surface area is 121 Å². The summed E-state index contributed by atoms with van der Waals surface area (Å²) in [4.78, 5) is 29.3. The molecule has 0 radical (unpaired) electrons. The lowest BCUT2D eigenvalue weighted by Gasteiger charge is -2.25. The van der Waals surface area contributed by atoms with Gasteiger partial charge >= 0.3 is 5.97 Å². The van der Waals surface area contributed by atoms with Crippen LogP contribution in [-0.2, 0) is 9.53 Å². The van der Waals surface area contributed by atoms with Crippen LogP contribution in [0.5, 0.6) is 0 Å². The molecule has 1 rings (SSSR count). The van der Waals surface area contributed by atoms with E-state index in [9.17, 15) is 9.59 Å². The molecule has 0 unspecified atom stereocenters. The van der Waals surface area contributed by atoms with E-state index in [-0.39, 0.29) is 18.5 Å². The number of nitrogens with zero attached hydrogens (tertiary/aromatic N) is 2. The second-order valence-corrected chi connectivity index (χ2v) is 5.01. The van der Waals surface area contributed by atoms with Crippen molar-refractivity contribution in [2.75, 3.05) is 13.2 Å². The molecule has 0 bridgehead atoms. The zero-order valence-electron chi connectivity index (χ0n) is 11.2. The van der Waals surface area contributed by atoms with Crippen LogP contribution in [0, 0.1) is 0 Å². The molecule has 0 aliphatic carbocycles. The van der Waals surface area contributed by atoms with Gasteiger partial charge in [0, 0.05) is 12.2 Å². The van der Waals surface area contributed by atoms with Gasteiger partial charge in [-0.2, -0.15) is 0 Å². The molecule has 0 N–H and O–H groups in total. The maximum atomic E-state index is 12.3. The summed E-state index contributed by atoms with van der Waals surface area (Å²) in [6.45, 7) is 5.68. The summed E-state index contributed by atoms with van der Waals surface area (Å²) in [6.07, 6.45) is 1.48. The maximum Gasteiger partial charge on any atom is 0.325 e. The first-order valence-corrected chi connectivity index (χ1v) is 6.83. The van der Waals surface area contributed by atoms with E-state index in [0.29, 0.717) is 16.8 Å². The van der Waals surface area contributed by atoms with Crippen molar-refractivity contribution in [3.63, 3.8) is 0 Å². The molecule has 0 atom stereocenters. The van der Waals surface area contributed by atoms with Gasteiger partial charge in [0.1, 0.15) is 11.1 Å². The van der Waals surface area contributed by atoms with E-state index in [0.717, 1.165) is 0 Å². The number of rotatable bonds is 5. The topological polar surface area (TPSA) is 59.5 Å². The molecule has 104 valence electrons. The van der Waals surface area contributed by atoms with Crippen LogP contribution < -0.4 is 0 Å². The van der Waals surface area contributed by atoms with Crippen molar-refractivity contribution >= 4 is 27.8 Å². The summed E-state index contributed by atoms with van der Waals surface area (Å²) in [5.74, 6) is -0.641. The minimum atomic E-state index is -0.408. The molecule has 0 aliphatic heterocycles. The Morgan fingerprint density at radius 3 is 2.58 bits per heavy atom. The smallest absolute Gasteiger partial charge is 0.325 e. The largest absolute Gasteiger partial charge is 0.465 e. The van der Waals surface area contributed by atoms with E-state index in [2.05, 4.69) is 20.9 Å². The lowest BCUT2D eigenvalue weighted by molar-refractivity contribution is -0.144. The van der Waals surface area contributed by atoms with Crippen molar-refractivity contribution in [3.05, 3.63) is 28.5 Å². The second-order valence-electron chi connectivity index (χ2n) is 4.20. The molecule has 1 aromatic rings. The van der Waals surface area contributed by atoms with E-state index in [1.54, 1.807) is 19.1 Å². The van der Waals surface area contributed by atoms with Crippen LogP contribution in [-0.4, -0.2) is 41.0 Å². The van der Waals surface area contributed by atoms with Crippen LogP contribution in [0.4, 0.5) is 0 Å². The summed E-state index contributed by atoms with van der Waals surface area (Å²) in [5.41, 5.74) is 0.446. The number of aromatic nitrogens is 1. The molecule has 19 heavy (non-hydrogen) atoms. The molecule has 6 heteroatoms. The molecule has 0 aliphatic rings. The van der Waals surface area contributed by atoms with E-state index < -0.39 is 5.97 Å². The SMILES string of the molecule is CCOC(=O)CN(C(=O)c1ccc(Br)nc1)C(C)C. The van der Waals surface area contributed by atoms with Gasteiger partial charge in [-0.25, -0.2) is 4.98 Å². The molecular formula is C13H17BrN2O3. The number of hydrogen-bond acceptors (Lipinski definition) is 4. The number of hydrogen-bond donors (Lipinski definition) is 0. The van der Waals surface area contributed by atoms with Gasteiger partial charge in [-0.15, -0.1) is 0 Å². The highest BCUT2D eigenvalue weighted by Gasteiger charge is 2.22. The van der Waals surface area contributed by atoms with Gasteiger partial charge in [0.25, 0.3) is 5.91 Å². The fraction of sp³-hybridized carbons (Fsp3) is 0.462. The zero-order valence-corrected chi connectivity index (χ0v) is 12.8. The minimum Gasteiger partial charge on any atom is -0.465 e. The number of pyridine rings is 1. The van der Waals surface area contributed by atoms with Gasteiger partial charge in [0.2, 0.25) is 0 Å². The summed E-state index contributed by atoms with van der Waals surface area (Å²) in [6, 6.07) is 3.26. The van der Waals surface area contributed by atoms with Crippen molar-refractivity contribution in [2.24, 2.45) is 0 Å². The van der Waals surface area contributed by atoms with Crippen molar-refractivity contribution in [1.29, 1.82) is 0 Å². The van der Waals surface area contributed by atoms with Crippen LogP contribution in [0.2, 0.25) is 0 Å². The Bertz CT molecular complexity index is 446. The first-order valence-electron chi connectivity index (χ1n) is 6.03. The van der Waals surface area contributed by atoms with Gasteiger partial charge in [0.05, 0.1) is 12.2 Å². The third kappa shape index (κ3) is 4.63. The van der Waals surface area contributed by atoms with Gasteiger partial charge in [-0.05, 0) is 48.8 Å². The third-order valence-corrected chi connectivity index (χ3v) is 2.93. The summed E-state index contributed by atoms with van der Waals surface area (Å²) in [5, 5.41) is 0. The number of carbonyl (C=O) groups is 2. The Morgan fingerprint density at radius 1 is 1.42 bits per heavy atom. The molecule has 0 saturated heterocycles. The van der Waals surface area contributed by atoms with E-state index in [1.165, 1.54) is 11.1 Å². The monoisotopic (exact) mass is 328 g/mol. The molecular weight excluding hydrogens is 312 g/mol. The molecule has 1 aromatic heterocycles. The first kappa shape index (κ1) is 15.6. The maximum absolute atomic E-state index is 12.3. The lowest BCUT2D eigenvalue weighted by Crippen LogP contribution is -2.41. The Balaban J connectivity index is 2.84. The lowest BCUT2D eigenvalue weighted by atomic mass is 10.2. The zero-order chi connectivity index (χ0) is 14.4. The fourth-order valence-corrected chi connectivity index (χ4v) is 1.74. The van der Waals surface area contributed by atoms with Gasteiger partial charge < -0.3 is 9.64 Å². The minimum absolute atomic E-state index is 0.0552. The summed E-state index contributed by atoms with van der Waals surface area (Å²) >= 11 is 3.21. The third-order valence-electron chi connectivity index (χ3n) is 2.46. The highest BCUT2D eigenvalue weighted by Crippen LogP contribution is 2.11. The molecule has 0 aromatic carbocycles. The standard InChI is InChI=1S/C13H17BrN2O3/c1-4-19-12(17)8-16(9(2)3)13(18)10-5-6-11(14)15-7-10/h5-7,9H,4,8H2,1-3H3. The normalized spacial score (nSPS) is 10.4. The van der Waals surface area contributed by atoms with Crippen LogP contribution in [0.25, 0.3) is 0 Å². The second kappa shape index (κ2) is 7.23. The van der Waals surface area contributed by atoms with E-state index >= 15 is 0 Å². The molecule has 0 spiro atoms. The van der Waals surface area contributed by atoms with Crippen LogP contribution in [0.3, 0.4) is 0 Å². The first-order chi connectivity index (χ1) is 8.95. The average molecular weight is 329 g/mol.